The molecular weight excluding hydrogens is 379 g/mol. The topological polar surface area (TPSA) is 39.1 Å². The molecular formula is C19H25ClF3N3O. The molecule has 0 fully saturated rings. The molecule has 1 N–H and O–H groups in total. The van der Waals surface area contributed by atoms with Crippen LogP contribution in [0.3, 0.4) is 0 Å². The van der Waals surface area contributed by atoms with Crippen LogP contribution in [-0.4, -0.2) is 29.1 Å². The molecule has 4 nitrogen and oxygen atoms in total. The van der Waals surface area contributed by atoms with Gasteiger partial charge < -0.3 is 10.1 Å². The maximum atomic E-state index is 12.8. The quantitative estimate of drug-likeness (QED) is 0.635. The van der Waals surface area contributed by atoms with Crippen molar-refractivity contribution >= 4 is 17.3 Å². The van der Waals surface area contributed by atoms with E-state index in [1.807, 2.05) is 11.6 Å². The Labute approximate surface area is 162 Å². The van der Waals surface area contributed by atoms with Crippen LogP contribution in [0.4, 0.5) is 18.9 Å². The molecule has 0 amide bonds. The zero-order valence-electron chi connectivity index (χ0n) is 16.1. The van der Waals surface area contributed by atoms with Gasteiger partial charge in [-0.1, -0.05) is 32.4 Å². The third-order valence-electron chi connectivity index (χ3n) is 4.16. The summed E-state index contributed by atoms with van der Waals surface area (Å²) in [6.07, 6.45) is -3.65. The summed E-state index contributed by atoms with van der Waals surface area (Å²) in [5, 5.41) is 7.58. The van der Waals surface area contributed by atoms with Gasteiger partial charge in [-0.3, -0.25) is 4.68 Å². The summed E-state index contributed by atoms with van der Waals surface area (Å²) in [5.41, 5.74) is 2.51. The van der Waals surface area contributed by atoms with Crippen molar-refractivity contribution in [3.63, 3.8) is 0 Å². The predicted molar refractivity (Wildman–Crippen MR) is 103 cm³/mol. The smallest absolute Gasteiger partial charge is 0.408 e. The minimum absolute atomic E-state index is 0.321. The number of methoxy groups -OCH3 is 1. The number of nitrogens with one attached hydrogen (secondary N) is 1. The number of aromatic nitrogens is 2. The number of hydrogen-bond donors (Lipinski definition) is 1. The molecule has 1 atom stereocenters. The fourth-order valence-electron chi connectivity index (χ4n) is 2.76. The van der Waals surface area contributed by atoms with Gasteiger partial charge in [0.05, 0.1) is 23.5 Å². The number of nitrogens with zero attached hydrogens (tertiary/aromatic N) is 2. The van der Waals surface area contributed by atoms with Crippen LogP contribution < -0.4 is 10.1 Å². The summed E-state index contributed by atoms with van der Waals surface area (Å²) in [7, 11) is 1.48. The zero-order valence-corrected chi connectivity index (χ0v) is 16.9. The van der Waals surface area contributed by atoms with Crippen molar-refractivity contribution in [2.75, 3.05) is 12.4 Å². The SMILES string of the molecule is CCc1nn(CC(C)C)c(-c2ccc(N[C@H](C)C(F)(F)F)cc2OC)c1Cl. The first-order chi connectivity index (χ1) is 12.6. The minimum atomic E-state index is -4.33. The van der Waals surface area contributed by atoms with E-state index in [-0.39, 0.29) is 0 Å². The average molecular weight is 404 g/mol. The molecule has 8 heteroatoms. The van der Waals surface area contributed by atoms with Gasteiger partial charge >= 0.3 is 6.18 Å². The molecule has 0 aliphatic carbocycles. The van der Waals surface area contributed by atoms with E-state index in [9.17, 15) is 13.2 Å². The van der Waals surface area contributed by atoms with Crippen LogP contribution in [0.1, 0.15) is 33.4 Å². The van der Waals surface area contributed by atoms with E-state index in [1.54, 1.807) is 18.2 Å². The first kappa shape index (κ1) is 21.4. The lowest BCUT2D eigenvalue weighted by Crippen LogP contribution is -2.33. The van der Waals surface area contributed by atoms with Crippen LogP contribution in [0.2, 0.25) is 5.02 Å². The standard InChI is InChI=1S/C19H25ClF3N3O/c1-6-15-17(20)18(26(25-15)10-11(2)3)14-8-7-13(9-16(14)27-5)24-12(4)19(21,22)23/h7-9,11-12,24H,6,10H2,1-5H3/t12-/m1/s1. The maximum Gasteiger partial charge on any atom is 0.408 e. The van der Waals surface area contributed by atoms with Crippen LogP contribution >= 0.6 is 11.6 Å². The molecule has 0 aliphatic rings. The third-order valence-corrected chi connectivity index (χ3v) is 4.56. The van der Waals surface area contributed by atoms with Crippen LogP contribution in [0.15, 0.2) is 18.2 Å². The Balaban J connectivity index is 2.49. The van der Waals surface area contributed by atoms with Gasteiger partial charge in [0.1, 0.15) is 11.8 Å². The molecule has 0 unspecified atom stereocenters. The summed E-state index contributed by atoms with van der Waals surface area (Å²) in [5.74, 6) is 0.785. The van der Waals surface area contributed by atoms with E-state index >= 15 is 0 Å². The molecule has 1 heterocycles. The molecule has 0 saturated heterocycles. The van der Waals surface area contributed by atoms with Crippen LogP contribution in [0.25, 0.3) is 11.3 Å². The van der Waals surface area contributed by atoms with Crippen molar-refractivity contribution in [2.45, 2.75) is 52.9 Å². The molecule has 0 saturated carbocycles. The second-order valence-corrected chi connectivity index (χ2v) is 7.24. The Morgan fingerprint density at radius 2 is 1.93 bits per heavy atom. The van der Waals surface area contributed by atoms with Crippen molar-refractivity contribution in [3.05, 3.63) is 28.9 Å². The van der Waals surface area contributed by atoms with E-state index in [1.165, 1.54) is 7.11 Å². The Morgan fingerprint density at radius 1 is 1.26 bits per heavy atom. The van der Waals surface area contributed by atoms with E-state index in [2.05, 4.69) is 24.3 Å². The van der Waals surface area contributed by atoms with Gasteiger partial charge in [0.2, 0.25) is 0 Å². The second kappa shape index (κ2) is 8.42. The average Bonchev–Trinajstić information content (AvgIpc) is 2.88. The van der Waals surface area contributed by atoms with Crippen molar-refractivity contribution in [1.82, 2.24) is 9.78 Å². The summed E-state index contributed by atoms with van der Waals surface area (Å²) >= 11 is 6.56. The summed E-state index contributed by atoms with van der Waals surface area (Å²) < 4.78 is 45.7. The second-order valence-electron chi connectivity index (χ2n) is 6.86. The van der Waals surface area contributed by atoms with Gasteiger partial charge in [-0.25, -0.2) is 0 Å². The highest BCUT2D eigenvalue weighted by molar-refractivity contribution is 6.33. The lowest BCUT2D eigenvalue weighted by atomic mass is 10.1. The molecule has 27 heavy (non-hydrogen) atoms. The Kier molecular flexibility index (Phi) is 6.68. The molecule has 0 radical (unpaired) electrons. The number of alkyl halides is 3. The van der Waals surface area contributed by atoms with E-state index < -0.39 is 12.2 Å². The Hall–Kier alpha value is -1.89. The summed E-state index contributed by atoms with van der Waals surface area (Å²) in [4.78, 5) is 0. The largest absolute Gasteiger partial charge is 0.496 e. The van der Waals surface area contributed by atoms with Gasteiger partial charge in [0.15, 0.2) is 0 Å². The van der Waals surface area contributed by atoms with Crippen molar-refractivity contribution in [1.29, 1.82) is 0 Å². The van der Waals surface area contributed by atoms with E-state index in [0.717, 1.165) is 18.3 Å². The molecule has 1 aromatic carbocycles. The molecule has 2 rings (SSSR count). The van der Waals surface area contributed by atoms with Crippen LogP contribution in [-0.2, 0) is 13.0 Å². The molecule has 150 valence electrons. The fraction of sp³-hybridized carbons (Fsp3) is 0.526. The fourth-order valence-corrected chi connectivity index (χ4v) is 3.13. The number of hydrogen-bond acceptors (Lipinski definition) is 3. The molecule has 1 aromatic heterocycles. The summed E-state index contributed by atoms with van der Waals surface area (Å²) in [6, 6.07) is 3.18. The minimum Gasteiger partial charge on any atom is -0.496 e. The van der Waals surface area contributed by atoms with E-state index in [4.69, 9.17) is 16.3 Å². The maximum absolute atomic E-state index is 12.8. The van der Waals surface area contributed by atoms with E-state index in [0.29, 0.717) is 40.9 Å². The molecule has 2 aromatic rings. The normalized spacial score (nSPS) is 13.1. The lowest BCUT2D eigenvalue weighted by molar-refractivity contribution is -0.138. The van der Waals surface area contributed by atoms with Gasteiger partial charge in [-0.15, -0.1) is 0 Å². The number of anilines is 1. The molecule has 0 aliphatic heterocycles. The number of aryl methyl sites for hydroxylation is 1. The zero-order chi connectivity index (χ0) is 20.4. The molecule has 0 bridgehead atoms. The van der Waals surface area contributed by atoms with Gasteiger partial charge in [-0.2, -0.15) is 18.3 Å². The Bertz CT molecular complexity index is 787. The van der Waals surface area contributed by atoms with Gasteiger partial charge in [-0.05, 0) is 31.4 Å². The van der Waals surface area contributed by atoms with Crippen molar-refractivity contribution in [2.24, 2.45) is 5.92 Å². The molecule has 0 spiro atoms. The monoisotopic (exact) mass is 403 g/mol. The number of ether oxygens (including phenoxy) is 1. The lowest BCUT2D eigenvalue weighted by Gasteiger charge is -2.20. The van der Waals surface area contributed by atoms with Crippen LogP contribution in [0.5, 0.6) is 5.75 Å². The highest BCUT2D eigenvalue weighted by atomic mass is 35.5. The number of halogens is 4. The summed E-state index contributed by atoms with van der Waals surface area (Å²) in [6.45, 7) is 7.87. The predicted octanol–water partition coefficient (Wildman–Crippen LogP) is 5.79. The van der Waals surface area contributed by atoms with Crippen molar-refractivity contribution in [3.8, 4) is 17.0 Å². The first-order valence-corrected chi connectivity index (χ1v) is 9.23. The number of benzene rings is 1. The first-order valence-electron chi connectivity index (χ1n) is 8.85. The van der Waals surface area contributed by atoms with Crippen molar-refractivity contribution < 1.29 is 17.9 Å². The van der Waals surface area contributed by atoms with Gasteiger partial charge in [0, 0.05) is 23.9 Å². The van der Waals surface area contributed by atoms with Gasteiger partial charge in [0.25, 0.3) is 0 Å². The van der Waals surface area contributed by atoms with Crippen LogP contribution in [0, 0.1) is 5.92 Å². The Morgan fingerprint density at radius 3 is 2.44 bits per heavy atom. The number of rotatable bonds is 7. The highest BCUT2D eigenvalue weighted by Crippen LogP contribution is 2.39. The highest BCUT2D eigenvalue weighted by Gasteiger charge is 2.36. The third kappa shape index (κ3) is 4.89.